The lowest BCUT2D eigenvalue weighted by molar-refractivity contribution is -0.151. The third kappa shape index (κ3) is 11.0. The van der Waals surface area contributed by atoms with E-state index in [1.807, 2.05) is 45.9 Å². The Hall–Kier alpha value is -2.24. The minimum absolute atomic E-state index is 0.0990. The van der Waals surface area contributed by atoms with E-state index in [9.17, 15) is 24.9 Å². The summed E-state index contributed by atoms with van der Waals surface area (Å²) >= 11 is 0. The molecule has 3 aliphatic heterocycles. The second-order valence-corrected chi connectivity index (χ2v) is 13.3. The van der Waals surface area contributed by atoms with Crippen LogP contribution >= 0.6 is 0 Å². The maximum absolute atomic E-state index is 13.1. The van der Waals surface area contributed by atoms with Gasteiger partial charge in [0.2, 0.25) is 0 Å². The molecule has 10 nitrogen and oxygen atoms in total. The number of aliphatic hydroxyl groups is 3. The monoisotopic (exact) mass is 620 g/mol. The molecular weight excluding hydrogens is 564 g/mol. The Kier molecular flexibility index (Phi) is 13.9. The lowest BCUT2D eigenvalue weighted by Crippen LogP contribution is -2.45. The number of ether oxygens (including phenoxy) is 3. The van der Waals surface area contributed by atoms with Crippen molar-refractivity contribution in [3.63, 3.8) is 0 Å². The Labute approximate surface area is 263 Å². The number of hydrogen-bond donors (Lipinski definition) is 4. The number of rotatable bonds is 9. The summed E-state index contributed by atoms with van der Waals surface area (Å²) in [5.74, 6) is -0.440. The van der Waals surface area contributed by atoms with E-state index in [1.54, 1.807) is 17.9 Å². The molecule has 1 amide bonds. The van der Waals surface area contributed by atoms with Crippen LogP contribution in [0.4, 0.5) is 4.79 Å². The molecule has 0 spiro atoms. The molecule has 10 atom stereocenters. The summed E-state index contributed by atoms with van der Waals surface area (Å²) in [5, 5.41) is 35.3. The highest BCUT2D eigenvalue weighted by molar-refractivity contribution is 5.70. The number of allylic oxidation sites excluding steroid dienone is 3. The first-order valence-corrected chi connectivity index (χ1v) is 16.4. The van der Waals surface area contributed by atoms with E-state index in [2.05, 4.69) is 18.3 Å². The van der Waals surface area contributed by atoms with E-state index in [-0.39, 0.29) is 55.3 Å². The van der Waals surface area contributed by atoms with E-state index in [1.165, 1.54) is 0 Å². The number of amides is 1. The molecule has 10 unspecified atom stereocenters. The van der Waals surface area contributed by atoms with Gasteiger partial charge in [0, 0.05) is 31.5 Å². The molecule has 4 N–H and O–H groups in total. The van der Waals surface area contributed by atoms with E-state index < -0.39 is 36.0 Å². The molecule has 0 radical (unpaired) electrons. The predicted octanol–water partition coefficient (Wildman–Crippen LogP) is 3.89. The molecule has 0 aromatic rings. The van der Waals surface area contributed by atoms with Gasteiger partial charge in [-0.25, -0.2) is 4.79 Å². The number of aliphatic hydroxyl groups excluding tert-OH is 2. The molecule has 0 aliphatic carbocycles. The van der Waals surface area contributed by atoms with Gasteiger partial charge >= 0.3 is 12.1 Å². The van der Waals surface area contributed by atoms with Gasteiger partial charge < -0.3 is 39.7 Å². The Morgan fingerprint density at radius 3 is 2.75 bits per heavy atom. The van der Waals surface area contributed by atoms with Crippen LogP contribution in [-0.4, -0.2) is 101 Å². The second kappa shape index (κ2) is 16.9. The molecule has 44 heavy (non-hydrogen) atoms. The maximum atomic E-state index is 13.1. The van der Waals surface area contributed by atoms with Crippen molar-refractivity contribution in [3.8, 4) is 0 Å². The zero-order chi connectivity index (χ0) is 32.4. The first kappa shape index (κ1) is 36.2. The van der Waals surface area contributed by atoms with Crippen molar-refractivity contribution in [2.75, 3.05) is 26.2 Å². The van der Waals surface area contributed by atoms with Crippen molar-refractivity contribution in [1.82, 2.24) is 10.2 Å². The second-order valence-electron chi connectivity index (χ2n) is 13.3. The van der Waals surface area contributed by atoms with Crippen LogP contribution in [0.1, 0.15) is 80.1 Å². The summed E-state index contributed by atoms with van der Waals surface area (Å²) in [7, 11) is 0. The number of nitrogens with zero attached hydrogens (tertiary/aromatic N) is 1. The lowest BCUT2D eigenvalue weighted by Gasteiger charge is -2.34. The first-order valence-electron chi connectivity index (χ1n) is 16.4. The fourth-order valence-corrected chi connectivity index (χ4v) is 6.00. The maximum Gasteiger partial charge on any atom is 0.410 e. The van der Waals surface area contributed by atoms with Crippen molar-refractivity contribution in [1.29, 1.82) is 0 Å². The van der Waals surface area contributed by atoms with Gasteiger partial charge in [0.1, 0.15) is 11.7 Å². The standard InChI is InChI=1S/C34H56N2O8/c1-7-27(38)25(5)32-28(42-32)20-22(2)10-8-11-23(3)31-24(4)12-13-29(43-33(40)36-18-9-16-35-17-19-36)34(6,41)15-14-26(37)21-30(39)44-31/h8,10-13,22,24-29,31-32,35,37-38,41H,7,9,14-21H2,1-6H3. The summed E-state index contributed by atoms with van der Waals surface area (Å²) in [4.78, 5) is 27.5. The molecule has 3 aliphatic rings. The van der Waals surface area contributed by atoms with Crippen LogP contribution in [0.2, 0.25) is 0 Å². The molecule has 0 aromatic carbocycles. The molecule has 2 fully saturated rings. The number of hydrogen-bond acceptors (Lipinski definition) is 9. The molecule has 0 aromatic heterocycles. The van der Waals surface area contributed by atoms with Crippen LogP contribution in [0, 0.1) is 17.8 Å². The zero-order valence-electron chi connectivity index (χ0n) is 27.5. The summed E-state index contributed by atoms with van der Waals surface area (Å²) < 4.78 is 17.6. The van der Waals surface area contributed by atoms with Crippen molar-refractivity contribution >= 4 is 12.1 Å². The van der Waals surface area contributed by atoms with Gasteiger partial charge in [-0.1, -0.05) is 52.0 Å². The first-order chi connectivity index (χ1) is 20.8. The number of nitrogens with one attached hydrogen (secondary N) is 1. The van der Waals surface area contributed by atoms with Crippen LogP contribution in [0.25, 0.3) is 0 Å². The molecule has 10 heteroatoms. The quantitative estimate of drug-likeness (QED) is 0.131. The van der Waals surface area contributed by atoms with E-state index in [4.69, 9.17) is 14.2 Å². The summed E-state index contributed by atoms with van der Waals surface area (Å²) in [5.41, 5.74) is -0.626. The summed E-state index contributed by atoms with van der Waals surface area (Å²) in [6, 6.07) is 0. The molecular formula is C34H56N2O8. The smallest absolute Gasteiger partial charge is 0.410 e. The number of epoxide rings is 1. The number of carbonyl (C=O) groups is 2. The Balaban J connectivity index is 1.71. The third-order valence-corrected chi connectivity index (χ3v) is 9.17. The van der Waals surface area contributed by atoms with Gasteiger partial charge in [-0.15, -0.1) is 0 Å². The van der Waals surface area contributed by atoms with E-state index in [0.29, 0.717) is 26.1 Å². The molecule has 0 bridgehead atoms. The predicted molar refractivity (Wildman–Crippen MR) is 169 cm³/mol. The van der Waals surface area contributed by atoms with Crippen LogP contribution in [0.15, 0.2) is 36.0 Å². The van der Waals surface area contributed by atoms with Gasteiger partial charge in [-0.3, -0.25) is 4.79 Å². The van der Waals surface area contributed by atoms with Gasteiger partial charge in [0.05, 0.1) is 30.8 Å². The average molecular weight is 621 g/mol. The topological polar surface area (TPSA) is 141 Å². The fourth-order valence-electron chi connectivity index (χ4n) is 6.00. The summed E-state index contributed by atoms with van der Waals surface area (Å²) in [6.45, 7) is 14.1. The Morgan fingerprint density at radius 1 is 1.27 bits per heavy atom. The fraction of sp³-hybridized carbons (Fsp3) is 0.765. The average Bonchev–Trinajstić information content (AvgIpc) is 3.78. The van der Waals surface area contributed by atoms with E-state index in [0.717, 1.165) is 25.0 Å². The molecule has 3 rings (SSSR count). The normalized spacial score (nSPS) is 34.7. The molecule has 0 saturated carbocycles. The van der Waals surface area contributed by atoms with Crippen LogP contribution in [0.3, 0.4) is 0 Å². The van der Waals surface area contributed by atoms with Crippen molar-refractivity contribution < 1.29 is 39.1 Å². The largest absolute Gasteiger partial charge is 0.457 e. The van der Waals surface area contributed by atoms with Crippen molar-refractivity contribution in [3.05, 3.63) is 36.0 Å². The Bertz CT molecular complexity index is 1020. The van der Waals surface area contributed by atoms with Gasteiger partial charge in [0.15, 0.2) is 6.10 Å². The molecule has 3 heterocycles. The van der Waals surface area contributed by atoms with Crippen LogP contribution in [-0.2, 0) is 19.0 Å². The van der Waals surface area contributed by atoms with E-state index >= 15 is 0 Å². The number of esters is 1. The van der Waals surface area contributed by atoms with Crippen molar-refractivity contribution in [2.24, 2.45) is 17.8 Å². The highest BCUT2D eigenvalue weighted by Crippen LogP contribution is 2.36. The van der Waals surface area contributed by atoms with Gasteiger partial charge in [0.25, 0.3) is 0 Å². The van der Waals surface area contributed by atoms with Crippen molar-refractivity contribution in [2.45, 2.75) is 122 Å². The Morgan fingerprint density at radius 2 is 2.02 bits per heavy atom. The van der Waals surface area contributed by atoms with Crippen LogP contribution < -0.4 is 5.32 Å². The SMILES string of the molecule is CCC(O)C(C)C1OC1CC(C)C=CC=C(C)C1OC(=O)CC(O)CCC(C)(O)C(OC(=O)N2CCCNCC2)C=CC1C. The minimum Gasteiger partial charge on any atom is -0.457 e. The third-order valence-electron chi connectivity index (χ3n) is 9.17. The number of carbonyl (C=O) groups excluding carboxylic acids is 2. The lowest BCUT2D eigenvalue weighted by atomic mass is 9.88. The molecule has 2 saturated heterocycles. The zero-order valence-corrected chi connectivity index (χ0v) is 27.5. The summed E-state index contributed by atoms with van der Waals surface area (Å²) in [6.07, 6.45) is 8.82. The van der Waals surface area contributed by atoms with Gasteiger partial charge in [-0.05, 0) is 70.1 Å². The minimum atomic E-state index is -1.45. The highest BCUT2D eigenvalue weighted by atomic mass is 16.6. The highest BCUT2D eigenvalue weighted by Gasteiger charge is 2.45. The van der Waals surface area contributed by atoms with Crippen LogP contribution in [0.5, 0.6) is 0 Å². The van der Waals surface area contributed by atoms with Gasteiger partial charge in [-0.2, -0.15) is 0 Å². The molecule has 250 valence electrons. The number of cyclic esters (lactones) is 1.